The second kappa shape index (κ2) is 9.37. The molecule has 0 bridgehead atoms. The molecule has 11 nitrogen and oxygen atoms in total. The Morgan fingerprint density at radius 3 is 2.88 bits per heavy atom. The summed E-state index contributed by atoms with van der Waals surface area (Å²) in [5.41, 5.74) is 1.54. The van der Waals surface area contributed by atoms with E-state index in [0.29, 0.717) is 64.4 Å². The number of aromatic nitrogens is 8. The molecule has 0 spiro atoms. The molecule has 0 aliphatic heterocycles. The number of hydrogen-bond acceptors (Lipinski definition) is 8. The van der Waals surface area contributed by atoms with Gasteiger partial charge in [0.25, 0.3) is 5.56 Å². The summed E-state index contributed by atoms with van der Waals surface area (Å²) in [5, 5.41) is 12.7. The average molecular weight is 527 g/mol. The van der Waals surface area contributed by atoms with E-state index in [-0.39, 0.29) is 5.56 Å². The number of ether oxygens (including phenoxy) is 1. The largest absolute Gasteiger partial charge is 0.497 e. The Hall–Kier alpha value is -3.54. The van der Waals surface area contributed by atoms with E-state index < -0.39 is 0 Å². The van der Waals surface area contributed by atoms with Crippen molar-refractivity contribution in [3.63, 3.8) is 0 Å². The lowest BCUT2D eigenvalue weighted by Crippen LogP contribution is -2.21. The van der Waals surface area contributed by atoms with Gasteiger partial charge < -0.3 is 14.2 Å². The predicted octanol–water partition coefficient (Wildman–Crippen LogP) is 3.56. The minimum absolute atomic E-state index is 0.238. The number of unbranched alkanes of at least 4 members (excludes halogenated alkanes) is 2. The first-order valence-corrected chi connectivity index (χ1v) is 11.9. The monoisotopic (exact) mass is 526 g/mol. The summed E-state index contributed by atoms with van der Waals surface area (Å²) in [4.78, 5) is 25.2. The number of methoxy groups -OCH3 is 1. The van der Waals surface area contributed by atoms with Crippen LogP contribution in [0.5, 0.6) is 5.75 Å². The van der Waals surface area contributed by atoms with E-state index in [4.69, 9.17) is 9.26 Å². The maximum atomic E-state index is 13.2. The number of nitrogens with one attached hydrogen (secondary N) is 1. The number of hydrogen-bond donors (Lipinski definition) is 1. The van der Waals surface area contributed by atoms with Crippen LogP contribution in [0, 0.1) is 0 Å². The first kappa shape index (κ1) is 22.3. The Labute approximate surface area is 202 Å². The molecule has 1 N–H and O–H groups in total. The minimum Gasteiger partial charge on any atom is -0.497 e. The van der Waals surface area contributed by atoms with Gasteiger partial charge in [-0.05, 0) is 34.5 Å². The molecule has 176 valence electrons. The summed E-state index contributed by atoms with van der Waals surface area (Å²) in [6.45, 7) is 2.84. The molecule has 0 aliphatic carbocycles. The van der Waals surface area contributed by atoms with E-state index in [1.807, 2.05) is 28.8 Å². The molecule has 4 aromatic heterocycles. The summed E-state index contributed by atoms with van der Waals surface area (Å²) in [6, 6.07) is 7.45. The van der Waals surface area contributed by atoms with Gasteiger partial charge in [0.05, 0.1) is 7.11 Å². The Bertz CT molecular complexity index is 1520. The van der Waals surface area contributed by atoms with Crippen LogP contribution >= 0.6 is 15.9 Å². The van der Waals surface area contributed by atoms with Crippen LogP contribution < -0.4 is 10.3 Å². The highest BCUT2D eigenvalue weighted by atomic mass is 79.9. The number of nitrogens with zero attached hydrogens (tertiary/aromatic N) is 7. The SMILES string of the molecule is CCCCCn1c2nc(Br)[nH]c2c(=O)n2c(CCc3nc(-c4cccc(OC)c4)no3)nnc12. The van der Waals surface area contributed by atoms with Gasteiger partial charge >= 0.3 is 0 Å². The summed E-state index contributed by atoms with van der Waals surface area (Å²) < 4.78 is 14.7. The van der Waals surface area contributed by atoms with Crippen LogP contribution in [0.3, 0.4) is 0 Å². The maximum absolute atomic E-state index is 13.2. The van der Waals surface area contributed by atoms with Crippen molar-refractivity contribution in [2.45, 2.75) is 45.6 Å². The predicted molar refractivity (Wildman–Crippen MR) is 128 cm³/mol. The van der Waals surface area contributed by atoms with Crippen molar-refractivity contribution in [2.75, 3.05) is 7.11 Å². The molecule has 5 rings (SSSR count). The van der Waals surface area contributed by atoms with Gasteiger partial charge in [-0.1, -0.05) is 37.1 Å². The third-order valence-electron chi connectivity index (χ3n) is 5.63. The fourth-order valence-electron chi connectivity index (χ4n) is 3.92. The smallest absolute Gasteiger partial charge is 0.286 e. The number of fused-ring (bicyclic) bond motifs is 2. The quantitative estimate of drug-likeness (QED) is 0.228. The van der Waals surface area contributed by atoms with Gasteiger partial charge in [-0.25, -0.2) is 9.38 Å². The van der Waals surface area contributed by atoms with Gasteiger partial charge in [0, 0.05) is 24.9 Å². The van der Waals surface area contributed by atoms with Crippen molar-refractivity contribution in [3.05, 3.63) is 51.1 Å². The molecular formula is C22H23BrN8O3. The fourth-order valence-corrected chi connectivity index (χ4v) is 4.29. The van der Waals surface area contributed by atoms with Gasteiger partial charge in [-0.3, -0.25) is 9.36 Å². The van der Waals surface area contributed by atoms with Gasteiger partial charge in [0.15, 0.2) is 15.9 Å². The van der Waals surface area contributed by atoms with Gasteiger partial charge in [0.1, 0.15) is 11.6 Å². The lowest BCUT2D eigenvalue weighted by molar-refractivity contribution is 0.378. The van der Waals surface area contributed by atoms with Crippen molar-refractivity contribution in [3.8, 4) is 17.1 Å². The lowest BCUT2D eigenvalue weighted by Gasteiger charge is -2.09. The first-order chi connectivity index (χ1) is 16.6. The average Bonchev–Trinajstić information content (AvgIpc) is 3.58. The lowest BCUT2D eigenvalue weighted by atomic mass is 10.2. The van der Waals surface area contributed by atoms with Crippen LogP contribution in [0.4, 0.5) is 0 Å². The number of H-pyrrole nitrogens is 1. The Kier molecular flexibility index (Phi) is 6.14. The molecule has 34 heavy (non-hydrogen) atoms. The van der Waals surface area contributed by atoms with E-state index in [1.165, 1.54) is 4.40 Å². The van der Waals surface area contributed by atoms with E-state index in [9.17, 15) is 4.79 Å². The van der Waals surface area contributed by atoms with E-state index in [2.05, 4.69) is 53.2 Å². The Morgan fingerprint density at radius 2 is 2.06 bits per heavy atom. The molecule has 12 heteroatoms. The van der Waals surface area contributed by atoms with E-state index >= 15 is 0 Å². The third kappa shape index (κ3) is 4.09. The third-order valence-corrected chi connectivity index (χ3v) is 6.00. The molecule has 0 saturated heterocycles. The van der Waals surface area contributed by atoms with Crippen molar-refractivity contribution in [1.29, 1.82) is 0 Å². The maximum Gasteiger partial charge on any atom is 0.286 e. The highest BCUT2D eigenvalue weighted by molar-refractivity contribution is 9.10. The molecule has 0 atom stereocenters. The van der Waals surface area contributed by atoms with Gasteiger partial charge in [0.2, 0.25) is 17.5 Å². The summed E-state index contributed by atoms with van der Waals surface area (Å²) in [5.74, 6) is 2.64. The molecule has 0 unspecified atom stereocenters. The zero-order valence-corrected chi connectivity index (χ0v) is 20.4. The highest BCUT2D eigenvalue weighted by Gasteiger charge is 2.20. The number of aryl methyl sites for hydroxylation is 3. The highest BCUT2D eigenvalue weighted by Crippen LogP contribution is 2.22. The van der Waals surface area contributed by atoms with Crippen LogP contribution in [-0.4, -0.2) is 46.4 Å². The number of benzene rings is 1. The fraction of sp³-hybridized carbons (Fsp3) is 0.364. The normalized spacial score (nSPS) is 11.6. The molecule has 0 aliphatic rings. The summed E-state index contributed by atoms with van der Waals surface area (Å²) >= 11 is 3.35. The summed E-state index contributed by atoms with van der Waals surface area (Å²) in [6.07, 6.45) is 3.93. The van der Waals surface area contributed by atoms with Crippen LogP contribution in [0.15, 0.2) is 38.3 Å². The van der Waals surface area contributed by atoms with Crippen LogP contribution in [0.25, 0.3) is 28.3 Å². The van der Waals surface area contributed by atoms with Crippen molar-refractivity contribution < 1.29 is 9.26 Å². The Morgan fingerprint density at radius 1 is 1.18 bits per heavy atom. The number of aromatic amines is 1. The Balaban J connectivity index is 1.45. The van der Waals surface area contributed by atoms with E-state index in [0.717, 1.165) is 24.8 Å². The molecule has 0 amide bonds. The minimum atomic E-state index is -0.238. The van der Waals surface area contributed by atoms with Crippen molar-refractivity contribution in [1.82, 2.24) is 39.3 Å². The molecule has 0 fully saturated rings. The van der Waals surface area contributed by atoms with E-state index in [1.54, 1.807) is 7.11 Å². The topological polar surface area (TPSA) is 129 Å². The zero-order chi connectivity index (χ0) is 23.7. The molecular weight excluding hydrogens is 504 g/mol. The molecule has 1 aromatic carbocycles. The van der Waals surface area contributed by atoms with Gasteiger partial charge in [-0.15, -0.1) is 10.2 Å². The summed E-state index contributed by atoms with van der Waals surface area (Å²) in [7, 11) is 1.61. The molecule has 0 saturated carbocycles. The first-order valence-electron chi connectivity index (χ1n) is 11.1. The standard InChI is InChI=1S/C22H23BrN8O3/c1-3-4-5-11-30-19-17(25-21(23)26-19)20(32)31-15(27-28-22(30)31)9-10-16-24-18(29-34-16)13-7-6-8-14(12-13)33-2/h6-8,12H,3-5,9-11H2,1-2H3,(H,25,26). The van der Waals surface area contributed by atoms with Crippen molar-refractivity contribution in [2.24, 2.45) is 0 Å². The van der Waals surface area contributed by atoms with Crippen LogP contribution in [-0.2, 0) is 19.4 Å². The molecule has 4 heterocycles. The van der Waals surface area contributed by atoms with Crippen LogP contribution in [0.2, 0.25) is 0 Å². The van der Waals surface area contributed by atoms with Crippen molar-refractivity contribution >= 4 is 32.9 Å². The zero-order valence-electron chi connectivity index (χ0n) is 18.8. The second-order valence-electron chi connectivity index (χ2n) is 7.89. The molecule has 0 radical (unpaired) electrons. The number of rotatable bonds is 9. The number of imidazole rings is 1. The number of halogens is 1. The second-order valence-corrected chi connectivity index (χ2v) is 8.64. The molecule has 5 aromatic rings. The van der Waals surface area contributed by atoms with Gasteiger partial charge in [-0.2, -0.15) is 4.98 Å². The van der Waals surface area contributed by atoms with Crippen LogP contribution in [0.1, 0.15) is 37.9 Å².